The SMILES string of the molecule is CC(C)(C)[Si](C)(C)OC(CCCCCCc1ccccc1)c1nn[nH]n1. The average molecular weight is 375 g/mol. The van der Waals surface area contributed by atoms with Crippen molar-refractivity contribution in [2.24, 2.45) is 0 Å². The van der Waals surface area contributed by atoms with Crippen molar-refractivity contribution < 1.29 is 4.43 Å². The van der Waals surface area contributed by atoms with Gasteiger partial charge in [0.2, 0.25) is 5.82 Å². The molecule has 6 heteroatoms. The zero-order valence-electron chi connectivity index (χ0n) is 17.0. The summed E-state index contributed by atoms with van der Waals surface area (Å²) in [5, 5.41) is 14.8. The summed E-state index contributed by atoms with van der Waals surface area (Å²) in [5.41, 5.74) is 1.43. The third kappa shape index (κ3) is 6.32. The minimum Gasteiger partial charge on any atom is -0.407 e. The van der Waals surface area contributed by atoms with Crippen molar-refractivity contribution in [3.8, 4) is 0 Å². The monoisotopic (exact) mass is 374 g/mol. The fourth-order valence-electron chi connectivity index (χ4n) is 2.74. The van der Waals surface area contributed by atoms with Gasteiger partial charge < -0.3 is 4.43 Å². The second-order valence-electron chi connectivity index (χ2n) is 8.58. The second-order valence-corrected chi connectivity index (χ2v) is 13.3. The number of rotatable bonds is 10. The van der Waals surface area contributed by atoms with Gasteiger partial charge in [-0.2, -0.15) is 5.21 Å². The van der Waals surface area contributed by atoms with Crippen LogP contribution < -0.4 is 0 Å². The van der Waals surface area contributed by atoms with Gasteiger partial charge in [-0.05, 0) is 43.0 Å². The van der Waals surface area contributed by atoms with Crippen molar-refractivity contribution in [1.29, 1.82) is 0 Å². The maximum absolute atomic E-state index is 6.58. The molecule has 0 radical (unpaired) electrons. The summed E-state index contributed by atoms with van der Waals surface area (Å²) in [5.74, 6) is 0.694. The van der Waals surface area contributed by atoms with Gasteiger partial charge in [-0.25, -0.2) is 0 Å². The van der Waals surface area contributed by atoms with Crippen molar-refractivity contribution in [2.45, 2.75) is 83.5 Å². The fourth-order valence-corrected chi connectivity index (χ4v) is 4.02. The molecule has 0 amide bonds. The molecule has 2 rings (SSSR count). The lowest BCUT2D eigenvalue weighted by atomic mass is 10.0. The zero-order valence-corrected chi connectivity index (χ0v) is 18.0. The Morgan fingerprint density at radius 1 is 1.04 bits per heavy atom. The molecule has 0 saturated heterocycles. The molecule has 2 aromatic rings. The number of tetrazole rings is 1. The van der Waals surface area contributed by atoms with E-state index in [1.54, 1.807) is 0 Å². The van der Waals surface area contributed by atoms with E-state index in [9.17, 15) is 0 Å². The number of aryl methyl sites for hydroxylation is 1. The Hall–Kier alpha value is -1.53. The predicted molar refractivity (Wildman–Crippen MR) is 108 cm³/mol. The molecule has 1 N–H and O–H groups in total. The summed E-state index contributed by atoms with van der Waals surface area (Å²) >= 11 is 0. The third-order valence-electron chi connectivity index (χ3n) is 5.42. The van der Waals surface area contributed by atoms with Crippen molar-refractivity contribution in [2.75, 3.05) is 0 Å². The van der Waals surface area contributed by atoms with E-state index >= 15 is 0 Å². The van der Waals surface area contributed by atoms with Gasteiger partial charge >= 0.3 is 0 Å². The number of benzene rings is 1. The van der Waals surface area contributed by atoms with E-state index in [0.717, 1.165) is 19.3 Å². The fraction of sp³-hybridized carbons (Fsp3) is 0.650. The van der Waals surface area contributed by atoms with Crippen molar-refractivity contribution >= 4 is 8.32 Å². The van der Waals surface area contributed by atoms with Crippen LogP contribution in [0.4, 0.5) is 0 Å². The molecular formula is C20H34N4OSi. The van der Waals surface area contributed by atoms with E-state index in [4.69, 9.17) is 4.43 Å². The first-order valence-electron chi connectivity index (χ1n) is 9.75. The number of hydrogen-bond donors (Lipinski definition) is 1. The Bertz CT molecular complexity index is 623. The van der Waals surface area contributed by atoms with Crippen molar-refractivity contribution in [1.82, 2.24) is 20.6 Å². The summed E-state index contributed by atoms with van der Waals surface area (Å²) in [6.45, 7) is 11.3. The molecule has 0 aliphatic carbocycles. The number of hydrogen-bond acceptors (Lipinski definition) is 4. The van der Waals surface area contributed by atoms with Crippen LogP contribution in [0, 0.1) is 0 Å². The van der Waals surface area contributed by atoms with E-state index < -0.39 is 8.32 Å². The molecule has 0 spiro atoms. The van der Waals surface area contributed by atoms with E-state index in [1.165, 1.54) is 24.8 Å². The predicted octanol–water partition coefficient (Wildman–Crippen LogP) is 5.46. The van der Waals surface area contributed by atoms with Gasteiger partial charge in [0.15, 0.2) is 8.32 Å². The van der Waals surface area contributed by atoms with Crippen LogP contribution in [0.2, 0.25) is 18.1 Å². The molecule has 0 aliphatic heterocycles. The molecule has 144 valence electrons. The van der Waals surface area contributed by atoms with Gasteiger partial charge in [-0.3, -0.25) is 0 Å². The molecule has 0 bridgehead atoms. The molecule has 0 aliphatic rings. The summed E-state index contributed by atoms with van der Waals surface area (Å²) < 4.78 is 6.58. The van der Waals surface area contributed by atoms with E-state index in [1.807, 2.05) is 0 Å². The van der Waals surface area contributed by atoms with Crippen LogP contribution >= 0.6 is 0 Å². The van der Waals surface area contributed by atoms with E-state index in [2.05, 4.69) is 84.8 Å². The number of nitrogens with zero attached hydrogens (tertiary/aromatic N) is 3. The normalized spacial score (nSPS) is 13.7. The second kappa shape index (κ2) is 9.42. The first kappa shape index (κ1) is 20.8. The maximum Gasteiger partial charge on any atom is 0.201 e. The minimum absolute atomic E-state index is 0.0521. The summed E-state index contributed by atoms with van der Waals surface area (Å²) in [4.78, 5) is 0. The maximum atomic E-state index is 6.58. The lowest BCUT2D eigenvalue weighted by Crippen LogP contribution is -2.42. The first-order valence-corrected chi connectivity index (χ1v) is 12.7. The van der Waals surface area contributed by atoms with Gasteiger partial charge in [-0.1, -0.05) is 75.6 Å². The quantitative estimate of drug-likeness (QED) is 0.443. The largest absolute Gasteiger partial charge is 0.407 e. The highest BCUT2D eigenvalue weighted by Gasteiger charge is 2.40. The van der Waals surface area contributed by atoms with Gasteiger partial charge in [-0.15, -0.1) is 10.2 Å². The standard InChI is InChI=1S/C20H34N4OSi/c1-20(2,3)26(4,5)25-18(19-21-23-24-22-19)16-12-7-6-9-13-17-14-10-8-11-15-17/h8,10-11,14-15,18H,6-7,9,12-13,16H2,1-5H3,(H,21,22,23,24). The number of aromatic nitrogens is 4. The lowest BCUT2D eigenvalue weighted by Gasteiger charge is -2.38. The van der Waals surface area contributed by atoms with Crippen LogP contribution in [0.1, 0.15) is 70.4 Å². The molecule has 1 aromatic heterocycles. The zero-order chi connectivity index (χ0) is 19.0. The summed E-state index contributed by atoms with van der Waals surface area (Å²) in [7, 11) is -1.87. The molecule has 0 fully saturated rings. The summed E-state index contributed by atoms with van der Waals surface area (Å²) in [6.07, 6.45) is 6.88. The average Bonchev–Trinajstić information content (AvgIpc) is 3.11. The number of aromatic amines is 1. The molecular weight excluding hydrogens is 340 g/mol. The van der Waals surface area contributed by atoms with Crippen LogP contribution in [0.3, 0.4) is 0 Å². The Morgan fingerprint density at radius 3 is 2.35 bits per heavy atom. The molecule has 1 aromatic carbocycles. The summed E-state index contributed by atoms with van der Waals surface area (Å²) in [6, 6.07) is 10.7. The van der Waals surface area contributed by atoms with Gasteiger partial charge in [0.05, 0.1) is 0 Å². The molecule has 1 atom stereocenters. The van der Waals surface area contributed by atoms with Crippen LogP contribution in [0.25, 0.3) is 0 Å². The van der Waals surface area contributed by atoms with Crippen LogP contribution in [0.15, 0.2) is 30.3 Å². The van der Waals surface area contributed by atoms with E-state index in [0.29, 0.717) is 5.82 Å². The van der Waals surface area contributed by atoms with Crippen LogP contribution in [-0.4, -0.2) is 28.9 Å². The van der Waals surface area contributed by atoms with E-state index in [-0.39, 0.29) is 11.1 Å². The van der Waals surface area contributed by atoms with Gasteiger partial charge in [0, 0.05) is 0 Å². The molecule has 0 saturated carbocycles. The first-order chi connectivity index (χ1) is 12.3. The number of H-pyrrole nitrogens is 1. The topological polar surface area (TPSA) is 63.7 Å². The van der Waals surface area contributed by atoms with Gasteiger partial charge in [0.1, 0.15) is 6.10 Å². The Labute approximate surface area is 159 Å². The molecule has 1 heterocycles. The number of nitrogens with one attached hydrogen (secondary N) is 1. The molecule has 1 unspecified atom stereocenters. The third-order valence-corrected chi connectivity index (χ3v) is 9.90. The van der Waals surface area contributed by atoms with Gasteiger partial charge in [0.25, 0.3) is 0 Å². The highest BCUT2D eigenvalue weighted by Crippen LogP contribution is 2.40. The Balaban J connectivity index is 1.79. The Kier molecular flexibility index (Phi) is 7.52. The lowest BCUT2D eigenvalue weighted by molar-refractivity contribution is 0.160. The highest BCUT2D eigenvalue weighted by molar-refractivity contribution is 6.74. The Morgan fingerprint density at radius 2 is 1.73 bits per heavy atom. The number of unbranched alkanes of at least 4 members (excludes halogenated alkanes) is 3. The van der Waals surface area contributed by atoms with Crippen molar-refractivity contribution in [3.63, 3.8) is 0 Å². The van der Waals surface area contributed by atoms with Crippen molar-refractivity contribution in [3.05, 3.63) is 41.7 Å². The smallest absolute Gasteiger partial charge is 0.201 e. The molecule has 5 nitrogen and oxygen atoms in total. The minimum atomic E-state index is -1.87. The molecule has 26 heavy (non-hydrogen) atoms. The highest BCUT2D eigenvalue weighted by atomic mass is 28.4. The van der Waals surface area contributed by atoms with Crippen LogP contribution in [0.5, 0.6) is 0 Å². The van der Waals surface area contributed by atoms with Crippen LogP contribution in [-0.2, 0) is 10.8 Å².